The van der Waals surface area contributed by atoms with Gasteiger partial charge in [-0.15, -0.1) is 6.58 Å². The van der Waals surface area contributed by atoms with Gasteiger partial charge >= 0.3 is 0 Å². The van der Waals surface area contributed by atoms with E-state index in [-0.39, 0.29) is 0 Å². The van der Waals surface area contributed by atoms with Crippen LogP contribution in [0, 0.1) is 13.0 Å². The van der Waals surface area contributed by atoms with Crippen LogP contribution in [0.25, 0.3) is 0 Å². The van der Waals surface area contributed by atoms with E-state index >= 15 is 0 Å². The van der Waals surface area contributed by atoms with E-state index in [4.69, 9.17) is 5.73 Å². The Kier molecular flexibility index (Phi) is 2.85. The molecular formula is C11H12NO. The highest BCUT2D eigenvalue weighted by molar-refractivity contribution is 5.94. The van der Waals surface area contributed by atoms with Crippen molar-refractivity contribution in [1.29, 1.82) is 0 Å². The van der Waals surface area contributed by atoms with Gasteiger partial charge in [0.1, 0.15) is 0 Å². The average Bonchev–Trinajstić information content (AvgIpc) is 2.08. The van der Waals surface area contributed by atoms with Crippen molar-refractivity contribution in [3.05, 3.63) is 47.5 Å². The second kappa shape index (κ2) is 3.90. The first-order valence-electron chi connectivity index (χ1n) is 4.07. The number of allylic oxidation sites excluding steroid dienone is 1. The molecule has 2 heteroatoms. The molecule has 0 aliphatic carbocycles. The van der Waals surface area contributed by atoms with Crippen molar-refractivity contribution in [2.45, 2.75) is 13.3 Å². The molecule has 2 nitrogen and oxygen atoms in total. The van der Waals surface area contributed by atoms with Crippen LogP contribution >= 0.6 is 0 Å². The molecule has 0 aliphatic rings. The second-order valence-corrected chi connectivity index (χ2v) is 2.85. The molecule has 0 atom stereocenters. The van der Waals surface area contributed by atoms with Crippen LogP contribution < -0.4 is 5.73 Å². The molecule has 1 aromatic rings. The van der Waals surface area contributed by atoms with Gasteiger partial charge in [-0.05, 0) is 36.6 Å². The van der Waals surface area contributed by atoms with Gasteiger partial charge in [-0.1, -0.05) is 12.1 Å². The van der Waals surface area contributed by atoms with Crippen molar-refractivity contribution in [3.8, 4) is 0 Å². The summed E-state index contributed by atoms with van der Waals surface area (Å²) in [5.74, 6) is -0.392. The molecule has 0 bridgehead atoms. The number of primary amides is 1. The van der Waals surface area contributed by atoms with Crippen LogP contribution in [0.5, 0.6) is 0 Å². The zero-order valence-electron chi connectivity index (χ0n) is 7.63. The zero-order valence-corrected chi connectivity index (χ0v) is 7.63. The molecule has 0 heterocycles. The maximum absolute atomic E-state index is 11.0. The summed E-state index contributed by atoms with van der Waals surface area (Å²) in [6.07, 6.45) is 2.50. The molecule has 0 spiro atoms. The fourth-order valence-electron chi connectivity index (χ4n) is 1.24. The van der Waals surface area contributed by atoms with E-state index in [2.05, 4.69) is 12.6 Å². The summed E-state index contributed by atoms with van der Waals surface area (Å²) in [6, 6.07) is 6.45. The van der Waals surface area contributed by atoms with Gasteiger partial charge in [0.05, 0.1) is 0 Å². The van der Waals surface area contributed by atoms with Crippen LogP contribution in [0.2, 0.25) is 0 Å². The Morgan fingerprint density at radius 2 is 2.46 bits per heavy atom. The van der Waals surface area contributed by atoms with E-state index in [0.29, 0.717) is 12.0 Å². The molecule has 13 heavy (non-hydrogen) atoms. The predicted octanol–water partition coefficient (Wildman–Crippen LogP) is 1.62. The molecule has 1 aromatic carbocycles. The first kappa shape index (κ1) is 9.52. The molecule has 0 fully saturated rings. The molecule has 0 aromatic heterocycles. The number of amides is 1. The van der Waals surface area contributed by atoms with Gasteiger partial charge in [0.15, 0.2) is 0 Å². The molecule has 1 radical (unpaired) electrons. The van der Waals surface area contributed by atoms with Gasteiger partial charge < -0.3 is 5.73 Å². The quantitative estimate of drug-likeness (QED) is 0.695. The van der Waals surface area contributed by atoms with Gasteiger partial charge in [-0.3, -0.25) is 4.79 Å². The number of hydrogen-bond acceptors (Lipinski definition) is 1. The highest BCUT2D eigenvalue weighted by Crippen LogP contribution is 2.13. The average molecular weight is 174 g/mol. The minimum atomic E-state index is -0.392. The van der Waals surface area contributed by atoms with E-state index in [0.717, 1.165) is 11.1 Å². The van der Waals surface area contributed by atoms with Crippen molar-refractivity contribution in [1.82, 2.24) is 0 Å². The third-order valence-electron chi connectivity index (χ3n) is 1.98. The summed E-state index contributed by atoms with van der Waals surface area (Å²) in [6.45, 7) is 5.51. The lowest BCUT2D eigenvalue weighted by molar-refractivity contribution is 0.0999. The van der Waals surface area contributed by atoms with E-state index in [1.54, 1.807) is 18.2 Å². The molecular weight excluding hydrogens is 162 g/mol. The highest BCUT2D eigenvalue weighted by atomic mass is 16.1. The number of benzene rings is 1. The maximum atomic E-state index is 11.0. The molecule has 1 rings (SSSR count). The van der Waals surface area contributed by atoms with Crippen LogP contribution in [0.1, 0.15) is 21.5 Å². The summed E-state index contributed by atoms with van der Waals surface area (Å²) >= 11 is 0. The lowest BCUT2D eigenvalue weighted by Crippen LogP contribution is -2.13. The number of hydrogen-bond donors (Lipinski definition) is 1. The minimum absolute atomic E-state index is 0.392. The maximum Gasteiger partial charge on any atom is 0.248 e. The highest BCUT2D eigenvalue weighted by Gasteiger charge is 2.06. The first-order chi connectivity index (χ1) is 6.16. The summed E-state index contributed by atoms with van der Waals surface area (Å²) in [5, 5.41) is 0. The lowest BCUT2D eigenvalue weighted by Gasteiger charge is -2.05. The predicted molar refractivity (Wildman–Crippen MR) is 52.4 cm³/mol. The molecule has 2 N–H and O–H groups in total. The van der Waals surface area contributed by atoms with Gasteiger partial charge in [-0.25, -0.2) is 0 Å². The Morgan fingerprint density at radius 3 is 3.00 bits per heavy atom. The fourth-order valence-corrected chi connectivity index (χ4v) is 1.24. The molecule has 67 valence electrons. The summed E-state index contributed by atoms with van der Waals surface area (Å²) in [7, 11) is 0. The van der Waals surface area contributed by atoms with Crippen LogP contribution in [-0.2, 0) is 6.42 Å². The van der Waals surface area contributed by atoms with E-state index in [1.165, 1.54) is 0 Å². The third-order valence-corrected chi connectivity index (χ3v) is 1.98. The van der Waals surface area contributed by atoms with Crippen LogP contribution in [0.3, 0.4) is 0 Å². The lowest BCUT2D eigenvalue weighted by atomic mass is 10.00. The van der Waals surface area contributed by atoms with Crippen LogP contribution in [0.15, 0.2) is 24.8 Å². The molecule has 0 unspecified atom stereocenters. The van der Waals surface area contributed by atoms with Crippen molar-refractivity contribution >= 4 is 5.91 Å². The van der Waals surface area contributed by atoms with Gasteiger partial charge in [0.25, 0.3) is 0 Å². The first-order valence-corrected chi connectivity index (χ1v) is 4.07. The largest absolute Gasteiger partial charge is 0.366 e. The fraction of sp³-hybridized carbons (Fsp3) is 0.182. The SMILES string of the molecule is C=CCc1[c]ccc(C(N)=O)c1C. The number of nitrogens with two attached hydrogens (primary N) is 1. The third kappa shape index (κ3) is 1.96. The Morgan fingerprint density at radius 1 is 1.77 bits per heavy atom. The summed E-state index contributed by atoms with van der Waals surface area (Å²) in [4.78, 5) is 11.0. The standard InChI is InChI=1S/C11H12NO/c1-3-5-9-6-4-7-10(8(9)2)11(12)13/h3-4,7H,1,5H2,2H3,(H2,12,13). The van der Waals surface area contributed by atoms with E-state index in [1.807, 2.05) is 6.92 Å². The Labute approximate surface area is 78.1 Å². The Bertz CT molecular complexity index is 342. The van der Waals surface area contributed by atoms with Crippen LogP contribution in [-0.4, -0.2) is 5.91 Å². The Hall–Kier alpha value is -1.57. The van der Waals surface area contributed by atoms with Crippen molar-refractivity contribution in [3.63, 3.8) is 0 Å². The number of carbonyl (C=O) groups excluding carboxylic acids is 1. The second-order valence-electron chi connectivity index (χ2n) is 2.85. The molecule has 0 saturated heterocycles. The number of rotatable bonds is 3. The van der Waals surface area contributed by atoms with Crippen LogP contribution in [0.4, 0.5) is 0 Å². The summed E-state index contributed by atoms with van der Waals surface area (Å²) < 4.78 is 0. The monoisotopic (exact) mass is 174 g/mol. The number of carbonyl (C=O) groups is 1. The van der Waals surface area contributed by atoms with E-state index < -0.39 is 5.91 Å². The van der Waals surface area contributed by atoms with E-state index in [9.17, 15) is 4.79 Å². The van der Waals surface area contributed by atoms with Crippen molar-refractivity contribution in [2.75, 3.05) is 0 Å². The molecule has 1 amide bonds. The minimum Gasteiger partial charge on any atom is -0.366 e. The molecule has 0 aliphatic heterocycles. The molecule has 0 saturated carbocycles. The van der Waals surface area contributed by atoms with Gasteiger partial charge in [0, 0.05) is 5.56 Å². The summed E-state index contributed by atoms with van der Waals surface area (Å²) in [5.41, 5.74) is 7.64. The zero-order chi connectivity index (χ0) is 9.84. The van der Waals surface area contributed by atoms with Gasteiger partial charge in [0.2, 0.25) is 5.91 Å². The smallest absolute Gasteiger partial charge is 0.248 e. The van der Waals surface area contributed by atoms with Crippen molar-refractivity contribution in [2.24, 2.45) is 5.73 Å². The van der Waals surface area contributed by atoms with Crippen molar-refractivity contribution < 1.29 is 4.79 Å². The van der Waals surface area contributed by atoms with Gasteiger partial charge in [-0.2, -0.15) is 0 Å². The Balaban J connectivity index is 3.17. The topological polar surface area (TPSA) is 43.1 Å². The normalized spacial score (nSPS) is 9.62.